The molecule has 3 aromatic rings. The van der Waals surface area contributed by atoms with Gasteiger partial charge in [-0.2, -0.15) is 23.0 Å². The molecule has 1 aliphatic rings. The van der Waals surface area contributed by atoms with Crippen LogP contribution in [0.25, 0.3) is 5.69 Å². The van der Waals surface area contributed by atoms with E-state index in [0.29, 0.717) is 24.4 Å². The van der Waals surface area contributed by atoms with Crippen LogP contribution in [0, 0.1) is 12.7 Å². The van der Waals surface area contributed by atoms with Gasteiger partial charge < -0.3 is 10.1 Å². The number of benzene rings is 1. The van der Waals surface area contributed by atoms with Crippen molar-refractivity contribution in [2.24, 2.45) is 7.05 Å². The Morgan fingerprint density at radius 1 is 1.24 bits per heavy atom. The minimum Gasteiger partial charge on any atom is -0.480 e. The van der Waals surface area contributed by atoms with Crippen molar-refractivity contribution in [2.45, 2.75) is 51.9 Å². The van der Waals surface area contributed by atoms with E-state index in [9.17, 15) is 22.8 Å². The Balaban J connectivity index is 1.79. The highest BCUT2D eigenvalue weighted by molar-refractivity contribution is 6.06. The third-order valence-corrected chi connectivity index (χ3v) is 5.50. The Morgan fingerprint density at radius 3 is 2.59 bits per heavy atom. The highest BCUT2D eigenvalue weighted by Crippen LogP contribution is 2.31. The number of carbonyl (C=O) groups is 1. The van der Waals surface area contributed by atoms with E-state index in [1.54, 1.807) is 20.2 Å². The number of fused-ring (bicyclic) bond motifs is 1. The molecular weight excluding hydrogens is 460 g/mol. The number of hydrogen-bond donors (Lipinski definition) is 1. The molecule has 3 heterocycles. The summed E-state index contributed by atoms with van der Waals surface area (Å²) in [6.45, 7) is 2.84. The molecule has 34 heavy (non-hydrogen) atoms. The van der Waals surface area contributed by atoms with Crippen LogP contribution in [0.5, 0.6) is 5.75 Å². The van der Waals surface area contributed by atoms with Gasteiger partial charge in [0.05, 0.1) is 5.56 Å². The van der Waals surface area contributed by atoms with Crippen molar-refractivity contribution in [3.8, 4) is 11.4 Å². The van der Waals surface area contributed by atoms with Gasteiger partial charge >= 0.3 is 11.9 Å². The van der Waals surface area contributed by atoms with Crippen LogP contribution in [0.15, 0.2) is 23.1 Å². The van der Waals surface area contributed by atoms with Crippen LogP contribution >= 0.6 is 0 Å². The smallest absolute Gasteiger partial charge is 0.425 e. The maximum Gasteiger partial charge on any atom is 0.425 e. The molecule has 0 bridgehead atoms. The van der Waals surface area contributed by atoms with Crippen LogP contribution in [0.2, 0.25) is 0 Å². The average Bonchev–Trinajstić information content (AvgIpc) is 3.26. The molecule has 4 rings (SSSR count). The number of carbonyl (C=O) groups excluding carboxylic acids is 1. The fourth-order valence-electron chi connectivity index (χ4n) is 3.70. The number of alkyl halides is 3. The van der Waals surface area contributed by atoms with Gasteiger partial charge in [-0.3, -0.25) is 14.0 Å². The third kappa shape index (κ3) is 4.41. The molecule has 0 radical (unpaired) electrons. The zero-order valence-corrected chi connectivity index (χ0v) is 18.6. The van der Waals surface area contributed by atoms with Gasteiger partial charge in [-0.05, 0) is 32.8 Å². The van der Waals surface area contributed by atoms with Gasteiger partial charge in [0.2, 0.25) is 0 Å². The van der Waals surface area contributed by atoms with E-state index in [-0.39, 0.29) is 5.82 Å². The van der Waals surface area contributed by atoms with E-state index in [4.69, 9.17) is 4.74 Å². The van der Waals surface area contributed by atoms with Gasteiger partial charge in [0.1, 0.15) is 23.1 Å². The number of amides is 1. The highest BCUT2D eigenvalue weighted by Gasteiger charge is 2.39. The van der Waals surface area contributed by atoms with Crippen molar-refractivity contribution in [2.75, 3.05) is 5.32 Å². The van der Waals surface area contributed by atoms with Gasteiger partial charge in [-0.25, -0.2) is 9.18 Å². The lowest BCUT2D eigenvalue weighted by atomic mass is 10.1. The SMILES string of the molecule is Cc1cn(C)nc1NC(=O)c1cc(F)c(-n2nc3n(c2=O)CCCC3)cc1OC(C)C(F)(F)F. The zero-order chi connectivity index (χ0) is 24.8. The second kappa shape index (κ2) is 8.61. The van der Waals surface area contributed by atoms with E-state index in [1.807, 2.05) is 0 Å². The van der Waals surface area contributed by atoms with Crippen LogP contribution in [-0.2, 0) is 20.0 Å². The molecule has 0 aliphatic carbocycles. The largest absolute Gasteiger partial charge is 0.480 e. The van der Waals surface area contributed by atoms with Crippen molar-refractivity contribution in [1.82, 2.24) is 24.1 Å². The second-order valence-electron chi connectivity index (χ2n) is 8.11. The van der Waals surface area contributed by atoms with Crippen molar-refractivity contribution < 1.29 is 27.1 Å². The fourth-order valence-corrected chi connectivity index (χ4v) is 3.70. The van der Waals surface area contributed by atoms with E-state index in [1.165, 1.54) is 9.25 Å². The predicted molar refractivity (Wildman–Crippen MR) is 113 cm³/mol. The normalized spacial score (nSPS) is 14.6. The van der Waals surface area contributed by atoms with Crippen molar-refractivity contribution >= 4 is 11.7 Å². The third-order valence-electron chi connectivity index (χ3n) is 5.50. The molecule has 0 spiro atoms. The number of ether oxygens (including phenoxy) is 1. The summed E-state index contributed by atoms with van der Waals surface area (Å²) in [7, 11) is 1.62. The molecule has 182 valence electrons. The van der Waals surface area contributed by atoms with E-state index >= 15 is 4.39 Å². The second-order valence-corrected chi connectivity index (χ2v) is 8.11. The molecule has 1 atom stereocenters. The predicted octanol–water partition coefficient (Wildman–Crippen LogP) is 3.13. The molecule has 1 N–H and O–H groups in total. The molecule has 0 fully saturated rings. The molecule has 2 aromatic heterocycles. The first-order valence-corrected chi connectivity index (χ1v) is 10.5. The van der Waals surface area contributed by atoms with Crippen molar-refractivity contribution in [1.29, 1.82) is 0 Å². The monoisotopic (exact) mass is 482 g/mol. The summed E-state index contributed by atoms with van der Waals surface area (Å²) in [4.78, 5) is 25.6. The standard InChI is InChI=1S/C21H22F4N6O3/c1-11-10-29(3)28-18(11)26-19(32)13-8-14(22)15(9-16(13)34-12(2)21(23,24)25)31-20(33)30-7-5-4-6-17(30)27-31/h8-10,12H,4-7H2,1-3H3,(H,26,28,32). The quantitative estimate of drug-likeness (QED) is 0.564. The molecule has 0 saturated carbocycles. The molecule has 0 saturated heterocycles. The number of nitrogens with one attached hydrogen (secondary N) is 1. The summed E-state index contributed by atoms with van der Waals surface area (Å²) in [5, 5.41) is 10.6. The molecule has 1 aliphatic heterocycles. The summed E-state index contributed by atoms with van der Waals surface area (Å²) in [5.41, 5.74) is -0.930. The average molecular weight is 482 g/mol. The lowest BCUT2D eigenvalue weighted by Gasteiger charge is -2.20. The lowest BCUT2D eigenvalue weighted by molar-refractivity contribution is -0.189. The molecule has 1 unspecified atom stereocenters. The maximum absolute atomic E-state index is 15.1. The molecule has 13 heteroatoms. The van der Waals surface area contributed by atoms with Gasteiger partial charge in [0.25, 0.3) is 5.91 Å². The van der Waals surface area contributed by atoms with Gasteiger partial charge in [0.15, 0.2) is 11.9 Å². The molecular formula is C21H22F4N6O3. The summed E-state index contributed by atoms with van der Waals surface area (Å²) in [5.74, 6) is -1.88. The maximum atomic E-state index is 15.1. The minimum atomic E-state index is -4.75. The fraction of sp³-hybridized carbons (Fsp3) is 0.429. The number of hydrogen-bond acceptors (Lipinski definition) is 5. The molecule has 9 nitrogen and oxygen atoms in total. The van der Waals surface area contributed by atoms with Crippen LogP contribution in [-0.4, -0.2) is 42.3 Å². The van der Waals surface area contributed by atoms with Crippen LogP contribution < -0.4 is 15.7 Å². The van der Waals surface area contributed by atoms with Crippen LogP contribution in [0.3, 0.4) is 0 Å². The first kappa shape index (κ1) is 23.5. The minimum absolute atomic E-state index is 0.157. The van der Waals surface area contributed by atoms with Crippen molar-refractivity contribution in [3.05, 3.63) is 51.6 Å². The summed E-state index contributed by atoms with van der Waals surface area (Å²) < 4.78 is 63.4. The highest BCUT2D eigenvalue weighted by atomic mass is 19.4. The summed E-state index contributed by atoms with van der Waals surface area (Å²) in [6, 6.07) is 1.62. The Bertz CT molecular complexity index is 1310. The number of aryl methyl sites for hydroxylation is 3. The zero-order valence-electron chi connectivity index (χ0n) is 18.6. The van der Waals surface area contributed by atoms with Crippen molar-refractivity contribution in [3.63, 3.8) is 0 Å². The van der Waals surface area contributed by atoms with E-state index in [2.05, 4.69) is 15.5 Å². The number of anilines is 1. The van der Waals surface area contributed by atoms with Gasteiger partial charge in [-0.15, -0.1) is 5.10 Å². The first-order chi connectivity index (χ1) is 16.0. The number of halogens is 4. The first-order valence-electron chi connectivity index (χ1n) is 10.5. The van der Waals surface area contributed by atoms with E-state index in [0.717, 1.165) is 36.6 Å². The Hall–Kier alpha value is -3.64. The van der Waals surface area contributed by atoms with Gasteiger partial charge in [0, 0.05) is 37.8 Å². The van der Waals surface area contributed by atoms with Gasteiger partial charge in [-0.1, -0.05) is 0 Å². The Morgan fingerprint density at radius 2 is 1.97 bits per heavy atom. The molecule has 1 amide bonds. The number of rotatable bonds is 5. The Kier molecular flexibility index (Phi) is 5.96. The topological polar surface area (TPSA) is 96.0 Å². The Labute approximate surface area is 190 Å². The van der Waals surface area contributed by atoms with Crippen LogP contribution in [0.1, 0.15) is 41.5 Å². The number of nitrogens with zero attached hydrogens (tertiary/aromatic N) is 5. The summed E-state index contributed by atoms with van der Waals surface area (Å²) >= 11 is 0. The molecule has 1 aromatic carbocycles. The lowest BCUT2D eigenvalue weighted by Crippen LogP contribution is -2.32. The summed E-state index contributed by atoms with van der Waals surface area (Å²) in [6.07, 6.45) is -3.35. The van der Waals surface area contributed by atoms with E-state index < -0.39 is 46.7 Å². The number of aromatic nitrogens is 5. The van der Waals surface area contributed by atoms with Crippen LogP contribution in [0.4, 0.5) is 23.4 Å².